The summed E-state index contributed by atoms with van der Waals surface area (Å²) in [4.78, 5) is 14.7. The van der Waals surface area contributed by atoms with Crippen LogP contribution in [0.25, 0.3) is 0 Å². The highest BCUT2D eigenvalue weighted by molar-refractivity contribution is 5.94. The van der Waals surface area contributed by atoms with Crippen molar-refractivity contribution >= 4 is 5.91 Å². The second kappa shape index (κ2) is 5.38. The minimum Gasteiger partial charge on any atom is -0.394 e. The summed E-state index contributed by atoms with van der Waals surface area (Å²) in [6.07, 6.45) is 1.16. The first-order chi connectivity index (χ1) is 7.17. The summed E-state index contributed by atoms with van der Waals surface area (Å²) in [7, 11) is 0. The Hall–Kier alpha value is -1.53. The number of hydrogen-bond donors (Lipinski definition) is 3. The molecule has 0 atom stereocenters. The largest absolute Gasteiger partial charge is 0.394 e. The first kappa shape index (κ1) is 11.5. The summed E-state index contributed by atoms with van der Waals surface area (Å²) in [6.45, 7) is -0.758. The minimum absolute atomic E-state index is 0.0920. The van der Waals surface area contributed by atoms with Crippen molar-refractivity contribution in [2.45, 2.75) is 6.04 Å². The zero-order chi connectivity index (χ0) is 11.3. The molecule has 0 unspecified atom stereocenters. The van der Waals surface area contributed by atoms with Crippen molar-refractivity contribution in [3.05, 3.63) is 29.8 Å². The van der Waals surface area contributed by atoms with Crippen molar-refractivity contribution < 1.29 is 19.4 Å². The van der Waals surface area contributed by atoms with Crippen LogP contribution in [0.4, 0.5) is 4.39 Å². The molecule has 0 aliphatic heterocycles. The molecule has 0 aliphatic carbocycles. The molecule has 5 nitrogen and oxygen atoms in total. The van der Waals surface area contributed by atoms with Gasteiger partial charge in [-0.25, -0.2) is 4.98 Å². The Kier molecular flexibility index (Phi) is 4.14. The molecule has 6 heteroatoms. The summed E-state index contributed by atoms with van der Waals surface area (Å²) in [5.74, 6) is -1.32. The predicted molar refractivity (Wildman–Crippen MR) is 49.6 cm³/mol. The summed E-state index contributed by atoms with van der Waals surface area (Å²) in [5, 5.41) is 19.8. The zero-order valence-electron chi connectivity index (χ0n) is 7.85. The van der Waals surface area contributed by atoms with E-state index in [-0.39, 0.29) is 18.8 Å². The van der Waals surface area contributed by atoms with E-state index in [1.54, 1.807) is 0 Å². The molecule has 0 aromatic carbocycles. The Bertz CT molecular complexity index is 342. The standard InChI is InChI=1S/C9H11FN2O3/c10-8-3-6(1-2-11-8)9(15)12-7(4-13)5-14/h1-3,7,13-14H,4-5H2,(H,12,15). The van der Waals surface area contributed by atoms with E-state index in [9.17, 15) is 9.18 Å². The Balaban J connectivity index is 2.68. The molecule has 0 saturated carbocycles. The van der Waals surface area contributed by atoms with Crippen LogP contribution in [0.5, 0.6) is 0 Å². The van der Waals surface area contributed by atoms with Gasteiger partial charge in [-0.3, -0.25) is 4.79 Å². The van der Waals surface area contributed by atoms with Crippen molar-refractivity contribution in [1.29, 1.82) is 0 Å². The lowest BCUT2D eigenvalue weighted by molar-refractivity contribution is 0.0879. The molecule has 1 rings (SSSR count). The molecule has 0 aliphatic rings. The number of pyridine rings is 1. The van der Waals surface area contributed by atoms with Gasteiger partial charge in [-0.05, 0) is 6.07 Å². The first-order valence-corrected chi connectivity index (χ1v) is 4.31. The molecule has 0 spiro atoms. The third-order valence-corrected chi connectivity index (χ3v) is 1.76. The number of aliphatic hydroxyl groups excluding tert-OH is 2. The van der Waals surface area contributed by atoms with Gasteiger partial charge in [0.05, 0.1) is 19.3 Å². The first-order valence-electron chi connectivity index (χ1n) is 4.31. The van der Waals surface area contributed by atoms with Crippen molar-refractivity contribution in [2.24, 2.45) is 0 Å². The van der Waals surface area contributed by atoms with Gasteiger partial charge in [0.1, 0.15) is 0 Å². The topological polar surface area (TPSA) is 82.5 Å². The number of halogens is 1. The van der Waals surface area contributed by atoms with Crippen molar-refractivity contribution in [3.63, 3.8) is 0 Å². The quantitative estimate of drug-likeness (QED) is 0.579. The van der Waals surface area contributed by atoms with Gasteiger partial charge < -0.3 is 15.5 Å². The number of rotatable bonds is 4. The van der Waals surface area contributed by atoms with Crippen LogP contribution in [0.1, 0.15) is 10.4 Å². The van der Waals surface area contributed by atoms with Gasteiger partial charge in [-0.1, -0.05) is 0 Å². The van der Waals surface area contributed by atoms with Crippen LogP contribution in [-0.2, 0) is 0 Å². The second-order valence-electron chi connectivity index (χ2n) is 2.90. The molecule has 1 heterocycles. The SMILES string of the molecule is O=C(NC(CO)CO)c1ccnc(F)c1. The normalized spacial score (nSPS) is 10.4. The third-order valence-electron chi connectivity index (χ3n) is 1.76. The van der Waals surface area contributed by atoms with Crippen LogP contribution < -0.4 is 5.32 Å². The molecule has 0 radical (unpaired) electrons. The van der Waals surface area contributed by atoms with E-state index in [2.05, 4.69) is 10.3 Å². The molecule has 1 aromatic heterocycles. The van der Waals surface area contributed by atoms with E-state index >= 15 is 0 Å². The molecule has 0 saturated heterocycles. The Labute approximate surface area is 85.6 Å². The molecular formula is C9H11FN2O3. The van der Waals surface area contributed by atoms with Crippen LogP contribution in [0.3, 0.4) is 0 Å². The summed E-state index contributed by atoms with van der Waals surface area (Å²) < 4.78 is 12.6. The van der Waals surface area contributed by atoms with Crippen LogP contribution in [0.15, 0.2) is 18.3 Å². The van der Waals surface area contributed by atoms with Crippen LogP contribution in [0, 0.1) is 5.95 Å². The Morgan fingerprint density at radius 3 is 2.73 bits per heavy atom. The molecule has 0 fully saturated rings. The van der Waals surface area contributed by atoms with Gasteiger partial charge in [0.2, 0.25) is 5.95 Å². The average molecular weight is 214 g/mol. The maximum atomic E-state index is 12.6. The van der Waals surface area contributed by atoms with Gasteiger partial charge in [0, 0.05) is 17.8 Å². The van der Waals surface area contributed by atoms with Crippen molar-refractivity contribution in [3.8, 4) is 0 Å². The number of aromatic nitrogens is 1. The number of hydrogen-bond acceptors (Lipinski definition) is 4. The van der Waals surface area contributed by atoms with Gasteiger partial charge in [-0.15, -0.1) is 0 Å². The number of nitrogens with zero attached hydrogens (tertiary/aromatic N) is 1. The number of carbonyl (C=O) groups excluding carboxylic acids is 1. The average Bonchev–Trinajstić information content (AvgIpc) is 2.25. The monoisotopic (exact) mass is 214 g/mol. The highest BCUT2D eigenvalue weighted by Gasteiger charge is 2.12. The van der Waals surface area contributed by atoms with E-state index in [1.165, 1.54) is 6.07 Å². The smallest absolute Gasteiger partial charge is 0.251 e. The molecule has 1 amide bonds. The highest BCUT2D eigenvalue weighted by Crippen LogP contribution is 2.00. The minimum atomic E-state index is -0.757. The number of carbonyl (C=O) groups is 1. The summed E-state index contributed by atoms with van der Waals surface area (Å²) in [6, 6.07) is 1.57. The fraction of sp³-hybridized carbons (Fsp3) is 0.333. The second-order valence-corrected chi connectivity index (χ2v) is 2.90. The van der Waals surface area contributed by atoms with E-state index in [1.807, 2.05) is 0 Å². The number of amides is 1. The Morgan fingerprint density at radius 1 is 1.53 bits per heavy atom. The van der Waals surface area contributed by atoms with E-state index in [0.717, 1.165) is 12.3 Å². The molecule has 82 valence electrons. The molecular weight excluding hydrogens is 203 g/mol. The molecule has 1 aromatic rings. The van der Waals surface area contributed by atoms with Gasteiger partial charge in [-0.2, -0.15) is 4.39 Å². The maximum Gasteiger partial charge on any atom is 0.251 e. The van der Waals surface area contributed by atoms with E-state index in [0.29, 0.717) is 0 Å². The van der Waals surface area contributed by atoms with Crippen LogP contribution in [-0.4, -0.2) is 40.4 Å². The van der Waals surface area contributed by atoms with Gasteiger partial charge in [0.25, 0.3) is 5.91 Å². The van der Waals surface area contributed by atoms with Gasteiger partial charge in [0.15, 0.2) is 0 Å². The number of aliphatic hydroxyl groups is 2. The third kappa shape index (κ3) is 3.26. The van der Waals surface area contributed by atoms with Gasteiger partial charge >= 0.3 is 0 Å². The van der Waals surface area contributed by atoms with E-state index in [4.69, 9.17) is 10.2 Å². The zero-order valence-corrected chi connectivity index (χ0v) is 7.85. The lowest BCUT2D eigenvalue weighted by atomic mass is 10.2. The molecule has 3 N–H and O–H groups in total. The fourth-order valence-corrected chi connectivity index (χ4v) is 0.961. The fourth-order valence-electron chi connectivity index (χ4n) is 0.961. The number of nitrogens with one attached hydrogen (secondary N) is 1. The lowest BCUT2D eigenvalue weighted by Gasteiger charge is -2.12. The van der Waals surface area contributed by atoms with Crippen LogP contribution >= 0.6 is 0 Å². The van der Waals surface area contributed by atoms with Crippen molar-refractivity contribution in [2.75, 3.05) is 13.2 Å². The van der Waals surface area contributed by atoms with Crippen LogP contribution in [0.2, 0.25) is 0 Å². The molecule has 0 bridgehead atoms. The lowest BCUT2D eigenvalue weighted by Crippen LogP contribution is -2.40. The maximum absolute atomic E-state index is 12.6. The van der Waals surface area contributed by atoms with Crippen molar-refractivity contribution in [1.82, 2.24) is 10.3 Å². The summed E-state index contributed by atoms with van der Waals surface area (Å²) >= 11 is 0. The predicted octanol–water partition coefficient (Wildman–Crippen LogP) is -0.696. The van der Waals surface area contributed by atoms with E-state index < -0.39 is 17.9 Å². The Morgan fingerprint density at radius 2 is 2.20 bits per heavy atom. The highest BCUT2D eigenvalue weighted by atomic mass is 19.1. The summed E-state index contributed by atoms with van der Waals surface area (Å²) in [5.41, 5.74) is 0.0920. The molecule has 15 heavy (non-hydrogen) atoms.